The number of esters is 2. The van der Waals surface area contributed by atoms with Crippen molar-refractivity contribution in [2.45, 2.75) is 40.5 Å². The summed E-state index contributed by atoms with van der Waals surface area (Å²) in [7, 11) is 0. The molecule has 25 heavy (non-hydrogen) atoms. The molecule has 0 aliphatic carbocycles. The lowest BCUT2D eigenvalue weighted by molar-refractivity contribution is -0.139. The zero-order chi connectivity index (χ0) is 18.6. The fraction of sp³-hybridized carbons (Fsp3) is 0.444. The second kappa shape index (κ2) is 7.92. The van der Waals surface area contributed by atoms with Gasteiger partial charge in [0.25, 0.3) is 0 Å². The summed E-state index contributed by atoms with van der Waals surface area (Å²) in [5.74, 6) is -1.55. The quantitative estimate of drug-likeness (QED) is 0.818. The van der Waals surface area contributed by atoms with E-state index in [0.29, 0.717) is 28.2 Å². The smallest absolute Gasteiger partial charge is 0.336 e. The summed E-state index contributed by atoms with van der Waals surface area (Å²) in [4.78, 5) is 25.2. The van der Waals surface area contributed by atoms with Gasteiger partial charge in [-0.3, -0.25) is 0 Å². The van der Waals surface area contributed by atoms with Crippen molar-refractivity contribution in [2.24, 2.45) is 0 Å². The molecule has 0 spiro atoms. The lowest BCUT2D eigenvalue weighted by Crippen LogP contribution is -2.33. The van der Waals surface area contributed by atoms with E-state index in [1.165, 1.54) is 0 Å². The minimum absolute atomic E-state index is 0.243. The second-order valence-electron chi connectivity index (χ2n) is 5.65. The van der Waals surface area contributed by atoms with Crippen molar-refractivity contribution in [1.82, 2.24) is 15.5 Å². The number of hydrogen-bond donors (Lipinski definition) is 1. The molecule has 0 saturated heterocycles. The second-order valence-corrected chi connectivity index (χ2v) is 5.65. The van der Waals surface area contributed by atoms with Gasteiger partial charge in [0.2, 0.25) is 0 Å². The van der Waals surface area contributed by atoms with Gasteiger partial charge in [-0.25, -0.2) is 9.59 Å². The monoisotopic (exact) mass is 345 g/mol. The first-order valence-electron chi connectivity index (χ1n) is 8.23. The third-order valence-electron chi connectivity index (χ3n) is 4.01. The number of nitrogens with one attached hydrogen (secondary N) is 1. The Bertz CT molecular complexity index is 712. The first-order valence-corrected chi connectivity index (χ1v) is 8.23. The van der Waals surface area contributed by atoms with Crippen LogP contribution in [0.3, 0.4) is 0 Å². The molecular weight excluding hydrogens is 322 g/mol. The van der Waals surface area contributed by atoms with Crippen LogP contribution in [0, 0.1) is 6.92 Å². The van der Waals surface area contributed by atoms with E-state index >= 15 is 0 Å². The van der Waals surface area contributed by atoms with Gasteiger partial charge >= 0.3 is 11.9 Å². The SMILES string of the molecule is CCOC(=O)C1=C(C)NC(C)=C(C(=O)OCC)C1c1ccnnc1C. The lowest BCUT2D eigenvalue weighted by atomic mass is 9.80. The van der Waals surface area contributed by atoms with Gasteiger partial charge in [0.1, 0.15) is 0 Å². The highest BCUT2D eigenvalue weighted by Crippen LogP contribution is 2.39. The van der Waals surface area contributed by atoms with Crippen LogP contribution in [0.2, 0.25) is 0 Å². The van der Waals surface area contributed by atoms with Crippen LogP contribution in [0.25, 0.3) is 0 Å². The van der Waals surface area contributed by atoms with E-state index in [1.54, 1.807) is 46.9 Å². The number of nitrogens with zero attached hydrogens (tertiary/aromatic N) is 2. The van der Waals surface area contributed by atoms with E-state index < -0.39 is 17.9 Å². The first kappa shape index (κ1) is 18.6. The van der Waals surface area contributed by atoms with Gasteiger partial charge in [0, 0.05) is 17.6 Å². The molecule has 1 aliphatic heterocycles. The Balaban J connectivity index is 2.66. The van der Waals surface area contributed by atoms with Crippen molar-refractivity contribution in [3.8, 4) is 0 Å². The molecule has 2 rings (SSSR count). The van der Waals surface area contributed by atoms with Crippen molar-refractivity contribution in [1.29, 1.82) is 0 Å². The summed E-state index contributed by atoms with van der Waals surface area (Å²) in [6.45, 7) is 9.34. The molecule has 0 fully saturated rings. The Morgan fingerprint density at radius 3 is 2.00 bits per heavy atom. The van der Waals surface area contributed by atoms with E-state index in [0.717, 1.165) is 5.56 Å². The lowest BCUT2D eigenvalue weighted by Gasteiger charge is -2.30. The van der Waals surface area contributed by atoms with E-state index in [9.17, 15) is 9.59 Å². The van der Waals surface area contributed by atoms with Gasteiger partial charge in [-0.1, -0.05) is 0 Å². The van der Waals surface area contributed by atoms with Crippen molar-refractivity contribution >= 4 is 11.9 Å². The predicted octanol–water partition coefficient (Wildman–Crippen LogP) is 2.15. The van der Waals surface area contributed by atoms with Gasteiger partial charge in [-0.2, -0.15) is 10.2 Å². The molecule has 7 heteroatoms. The fourth-order valence-electron chi connectivity index (χ4n) is 2.98. The highest BCUT2D eigenvalue weighted by Gasteiger charge is 2.38. The van der Waals surface area contributed by atoms with E-state index in [-0.39, 0.29) is 13.2 Å². The molecule has 1 aromatic rings. The summed E-state index contributed by atoms with van der Waals surface area (Å²) < 4.78 is 10.4. The molecule has 7 nitrogen and oxygen atoms in total. The van der Waals surface area contributed by atoms with Crippen LogP contribution in [-0.4, -0.2) is 35.3 Å². The normalized spacial score (nSPS) is 15.1. The molecule has 0 aromatic carbocycles. The van der Waals surface area contributed by atoms with Crippen LogP contribution < -0.4 is 5.32 Å². The summed E-state index contributed by atoms with van der Waals surface area (Å²) in [5, 5.41) is 11.0. The van der Waals surface area contributed by atoms with E-state index in [4.69, 9.17) is 9.47 Å². The summed E-state index contributed by atoms with van der Waals surface area (Å²) in [6, 6.07) is 1.76. The Morgan fingerprint density at radius 1 is 1.04 bits per heavy atom. The minimum atomic E-state index is -0.616. The molecule has 134 valence electrons. The Hall–Kier alpha value is -2.70. The van der Waals surface area contributed by atoms with Crippen LogP contribution in [-0.2, 0) is 19.1 Å². The Morgan fingerprint density at radius 2 is 1.56 bits per heavy atom. The number of hydrogen-bond acceptors (Lipinski definition) is 7. The van der Waals surface area contributed by atoms with Gasteiger partial charge in [-0.05, 0) is 46.2 Å². The molecule has 1 aromatic heterocycles. The molecule has 0 amide bonds. The number of carbonyl (C=O) groups is 2. The molecule has 0 bridgehead atoms. The molecule has 1 aliphatic rings. The number of carbonyl (C=O) groups excluding carboxylic acids is 2. The van der Waals surface area contributed by atoms with Crippen molar-refractivity contribution in [2.75, 3.05) is 13.2 Å². The van der Waals surface area contributed by atoms with Gasteiger partial charge in [0.15, 0.2) is 0 Å². The van der Waals surface area contributed by atoms with Crippen LogP contribution in [0.5, 0.6) is 0 Å². The van der Waals surface area contributed by atoms with E-state index in [1.807, 2.05) is 0 Å². The molecule has 1 N–H and O–H groups in total. The zero-order valence-electron chi connectivity index (χ0n) is 15.2. The minimum Gasteiger partial charge on any atom is -0.463 e. The highest BCUT2D eigenvalue weighted by atomic mass is 16.5. The van der Waals surface area contributed by atoms with Crippen molar-refractivity contribution in [3.05, 3.63) is 46.1 Å². The average Bonchev–Trinajstić information content (AvgIpc) is 2.54. The van der Waals surface area contributed by atoms with Crippen molar-refractivity contribution in [3.63, 3.8) is 0 Å². The first-order chi connectivity index (χ1) is 11.9. The van der Waals surface area contributed by atoms with Gasteiger partial charge in [0.05, 0.1) is 36.0 Å². The Kier molecular flexibility index (Phi) is 5.90. The third kappa shape index (κ3) is 3.70. The van der Waals surface area contributed by atoms with Crippen LogP contribution in [0.4, 0.5) is 0 Å². The maximum atomic E-state index is 12.6. The fourth-order valence-corrected chi connectivity index (χ4v) is 2.98. The summed E-state index contributed by atoms with van der Waals surface area (Å²) in [6.07, 6.45) is 1.54. The molecule has 2 heterocycles. The topological polar surface area (TPSA) is 90.4 Å². The zero-order valence-corrected chi connectivity index (χ0v) is 15.2. The average molecular weight is 345 g/mol. The highest BCUT2D eigenvalue weighted by molar-refractivity contribution is 5.99. The molecular formula is C18H23N3O4. The summed E-state index contributed by atoms with van der Waals surface area (Å²) in [5.41, 5.74) is 3.41. The van der Waals surface area contributed by atoms with Crippen LogP contribution >= 0.6 is 0 Å². The third-order valence-corrected chi connectivity index (χ3v) is 4.01. The maximum Gasteiger partial charge on any atom is 0.336 e. The summed E-state index contributed by atoms with van der Waals surface area (Å²) >= 11 is 0. The van der Waals surface area contributed by atoms with Gasteiger partial charge in [-0.15, -0.1) is 0 Å². The molecule has 0 radical (unpaired) electrons. The molecule has 0 atom stereocenters. The number of aromatic nitrogens is 2. The maximum absolute atomic E-state index is 12.6. The van der Waals surface area contributed by atoms with Crippen LogP contribution in [0.1, 0.15) is 44.9 Å². The van der Waals surface area contributed by atoms with E-state index in [2.05, 4.69) is 15.5 Å². The molecule has 0 unspecified atom stereocenters. The number of ether oxygens (including phenoxy) is 2. The van der Waals surface area contributed by atoms with Crippen molar-refractivity contribution < 1.29 is 19.1 Å². The van der Waals surface area contributed by atoms with Gasteiger partial charge < -0.3 is 14.8 Å². The number of dihydropyridines is 1. The number of allylic oxidation sites excluding steroid dienone is 2. The predicted molar refractivity (Wildman–Crippen MR) is 91.3 cm³/mol. The Labute approximate surface area is 147 Å². The number of rotatable bonds is 5. The van der Waals surface area contributed by atoms with Crippen LogP contribution in [0.15, 0.2) is 34.8 Å². The standard InChI is InChI=1S/C18H23N3O4/c1-6-24-17(22)14-11(4)20-12(5)15(18(23)25-7-2)16(14)13-8-9-19-21-10(13)3/h8-9,16,20H,6-7H2,1-5H3. The molecule has 0 saturated carbocycles. The largest absolute Gasteiger partial charge is 0.463 e. The number of aryl methyl sites for hydroxylation is 1.